The van der Waals surface area contributed by atoms with Gasteiger partial charge in [0.2, 0.25) is 0 Å². The van der Waals surface area contributed by atoms with E-state index in [1.807, 2.05) is 19.9 Å². The Morgan fingerprint density at radius 1 is 1.00 bits per heavy atom. The van der Waals surface area contributed by atoms with Crippen LogP contribution in [-0.2, 0) is 11.0 Å². The summed E-state index contributed by atoms with van der Waals surface area (Å²) < 4.78 is 0. The maximum Gasteiger partial charge on any atom is 0.120 e. The first-order valence-electron chi connectivity index (χ1n) is 6.96. The molecule has 0 aliphatic carbocycles. The van der Waals surface area contributed by atoms with Crippen LogP contribution in [0.1, 0.15) is 66.0 Å². The van der Waals surface area contributed by atoms with E-state index in [0.29, 0.717) is 0 Å². The highest BCUT2D eigenvalue weighted by Gasteiger charge is 2.29. The smallest absolute Gasteiger partial charge is 0.120 e. The van der Waals surface area contributed by atoms with Gasteiger partial charge >= 0.3 is 0 Å². The van der Waals surface area contributed by atoms with Crippen LogP contribution in [0.25, 0.3) is 0 Å². The lowest BCUT2D eigenvalue weighted by Crippen LogP contribution is -2.30. The molecule has 2 heteroatoms. The normalized spacial score (nSPS) is 13.7. The molecule has 0 unspecified atom stereocenters. The molecular formula is C17H29NO. The van der Waals surface area contributed by atoms with E-state index >= 15 is 0 Å². The molecule has 0 radical (unpaired) electrons. The summed E-state index contributed by atoms with van der Waals surface area (Å²) in [6.45, 7) is 15.1. The van der Waals surface area contributed by atoms with Gasteiger partial charge in [-0.15, -0.1) is 0 Å². The molecular weight excluding hydrogens is 234 g/mol. The number of hydrogen-bond acceptors (Lipinski definition) is 2. The zero-order valence-corrected chi connectivity index (χ0v) is 13.5. The van der Waals surface area contributed by atoms with Gasteiger partial charge in [-0.1, -0.05) is 40.7 Å². The van der Waals surface area contributed by atoms with E-state index in [1.165, 1.54) is 5.56 Å². The summed E-state index contributed by atoms with van der Waals surface area (Å²) in [7, 11) is 0. The summed E-state index contributed by atoms with van der Waals surface area (Å²) in [5, 5.41) is 9.99. The third kappa shape index (κ3) is 4.24. The molecule has 19 heavy (non-hydrogen) atoms. The van der Waals surface area contributed by atoms with Gasteiger partial charge in [-0.3, -0.25) is 0 Å². The van der Waals surface area contributed by atoms with Gasteiger partial charge in [-0.05, 0) is 48.8 Å². The number of phenolic OH excluding ortho intramolecular Hbond substituents is 1. The highest BCUT2D eigenvalue weighted by molar-refractivity contribution is 5.42. The fraction of sp³-hybridized carbons (Fsp3) is 0.647. The van der Waals surface area contributed by atoms with E-state index in [2.05, 4.69) is 40.7 Å². The maximum absolute atomic E-state index is 9.99. The Hall–Kier alpha value is -1.02. The van der Waals surface area contributed by atoms with Crippen LogP contribution in [0.4, 0.5) is 0 Å². The van der Waals surface area contributed by atoms with Crippen LogP contribution in [0.2, 0.25) is 0 Å². The zero-order chi connectivity index (χ0) is 15.1. The van der Waals surface area contributed by atoms with Crippen LogP contribution in [0.15, 0.2) is 18.2 Å². The van der Waals surface area contributed by atoms with Crippen molar-refractivity contribution in [3.05, 3.63) is 29.3 Å². The highest BCUT2D eigenvalue weighted by Crippen LogP contribution is 2.39. The predicted molar refractivity (Wildman–Crippen MR) is 82.4 cm³/mol. The van der Waals surface area contributed by atoms with E-state index in [4.69, 9.17) is 5.73 Å². The Bertz CT molecular complexity index is 447. The molecule has 3 N–H and O–H groups in total. The van der Waals surface area contributed by atoms with E-state index < -0.39 is 5.54 Å². The van der Waals surface area contributed by atoms with Crippen molar-refractivity contribution < 1.29 is 5.11 Å². The maximum atomic E-state index is 9.99. The molecule has 0 heterocycles. The second-order valence-electron chi connectivity index (χ2n) is 8.07. The van der Waals surface area contributed by atoms with Gasteiger partial charge < -0.3 is 10.8 Å². The minimum atomic E-state index is -0.530. The number of rotatable bonds is 3. The van der Waals surface area contributed by atoms with Crippen LogP contribution in [0, 0.1) is 5.41 Å². The molecule has 0 fully saturated rings. The molecule has 0 aliphatic heterocycles. The Labute approximate surface area is 118 Å². The molecule has 1 rings (SSSR count). The number of nitrogens with two attached hydrogens (primary N) is 1. The van der Waals surface area contributed by atoms with Crippen molar-refractivity contribution in [1.82, 2.24) is 0 Å². The molecule has 2 nitrogen and oxygen atoms in total. The number of aromatic hydroxyl groups is 1. The van der Waals surface area contributed by atoms with Crippen LogP contribution in [0.5, 0.6) is 5.75 Å². The Morgan fingerprint density at radius 2 is 1.53 bits per heavy atom. The van der Waals surface area contributed by atoms with Gasteiger partial charge in [-0.25, -0.2) is 0 Å². The second-order valence-corrected chi connectivity index (χ2v) is 8.07. The molecule has 0 aliphatic rings. The Kier molecular flexibility index (Phi) is 4.07. The van der Waals surface area contributed by atoms with Crippen molar-refractivity contribution in [3.63, 3.8) is 0 Å². The molecule has 1 aromatic carbocycles. The molecule has 0 bridgehead atoms. The van der Waals surface area contributed by atoms with Gasteiger partial charge in [0.25, 0.3) is 0 Å². The number of benzene rings is 1. The van der Waals surface area contributed by atoms with Crippen molar-refractivity contribution in [2.75, 3.05) is 0 Å². The fourth-order valence-corrected chi connectivity index (χ4v) is 2.90. The lowest BCUT2D eigenvalue weighted by molar-refractivity contribution is 0.283. The molecule has 0 spiro atoms. The average Bonchev–Trinajstić information content (AvgIpc) is 2.11. The van der Waals surface area contributed by atoms with Crippen LogP contribution >= 0.6 is 0 Å². The molecule has 0 aromatic heterocycles. The van der Waals surface area contributed by atoms with E-state index in [9.17, 15) is 5.11 Å². The van der Waals surface area contributed by atoms with Crippen LogP contribution in [-0.4, -0.2) is 5.11 Å². The molecule has 1 aromatic rings. The number of hydrogen-bond donors (Lipinski definition) is 2. The standard InChI is InChI=1S/C17H29NO/c1-15(2,3)11-16(4,5)12-8-9-14(19)13(10-12)17(6,7)18/h8-10,19H,11,18H2,1-7H3. The van der Waals surface area contributed by atoms with E-state index in [1.54, 1.807) is 6.07 Å². The van der Waals surface area contributed by atoms with E-state index in [0.717, 1.165) is 12.0 Å². The topological polar surface area (TPSA) is 46.2 Å². The Morgan fingerprint density at radius 3 is 1.95 bits per heavy atom. The predicted octanol–water partition coefficient (Wildman–Crippen LogP) is 4.30. The minimum Gasteiger partial charge on any atom is -0.508 e. The average molecular weight is 263 g/mol. The van der Waals surface area contributed by atoms with Crippen molar-refractivity contribution >= 4 is 0 Å². The fourth-order valence-electron chi connectivity index (χ4n) is 2.90. The minimum absolute atomic E-state index is 0.0615. The largest absolute Gasteiger partial charge is 0.508 e. The lowest BCUT2D eigenvalue weighted by Gasteiger charge is -2.34. The van der Waals surface area contributed by atoms with Crippen molar-refractivity contribution in [3.8, 4) is 5.75 Å². The first-order valence-corrected chi connectivity index (χ1v) is 6.96. The van der Waals surface area contributed by atoms with E-state index in [-0.39, 0.29) is 16.6 Å². The summed E-state index contributed by atoms with van der Waals surface area (Å²) in [6.07, 6.45) is 1.08. The summed E-state index contributed by atoms with van der Waals surface area (Å²) in [5.74, 6) is 0.280. The van der Waals surface area contributed by atoms with Gasteiger partial charge in [0, 0.05) is 11.1 Å². The number of phenols is 1. The molecule has 0 amide bonds. The second kappa shape index (κ2) is 4.82. The highest BCUT2D eigenvalue weighted by atomic mass is 16.3. The monoisotopic (exact) mass is 263 g/mol. The van der Waals surface area contributed by atoms with Crippen LogP contribution in [0.3, 0.4) is 0 Å². The quantitative estimate of drug-likeness (QED) is 0.854. The van der Waals surface area contributed by atoms with Crippen molar-refractivity contribution in [1.29, 1.82) is 0 Å². The van der Waals surface area contributed by atoms with Gasteiger partial charge in [-0.2, -0.15) is 0 Å². The lowest BCUT2D eigenvalue weighted by atomic mass is 9.71. The van der Waals surface area contributed by atoms with Crippen molar-refractivity contribution in [2.45, 2.75) is 65.8 Å². The SMILES string of the molecule is CC(C)(C)CC(C)(C)c1ccc(O)c(C(C)(C)N)c1. The van der Waals surface area contributed by atoms with Gasteiger partial charge in [0.15, 0.2) is 0 Å². The van der Waals surface area contributed by atoms with Gasteiger partial charge in [0.05, 0.1) is 0 Å². The first kappa shape index (κ1) is 16.0. The summed E-state index contributed by atoms with van der Waals surface area (Å²) in [5.41, 5.74) is 7.97. The molecule has 108 valence electrons. The third-order valence-electron chi connectivity index (χ3n) is 3.44. The third-order valence-corrected chi connectivity index (χ3v) is 3.44. The first-order chi connectivity index (χ1) is 8.33. The molecule has 0 saturated carbocycles. The zero-order valence-electron chi connectivity index (χ0n) is 13.5. The molecule has 0 saturated heterocycles. The summed E-state index contributed by atoms with van der Waals surface area (Å²) in [6, 6.07) is 5.83. The van der Waals surface area contributed by atoms with Crippen LogP contribution < -0.4 is 5.73 Å². The molecule has 0 atom stereocenters. The summed E-state index contributed by atoms with van der Waals surface area (Å²) >= 11 is 0. The van der Waals surface area contributed by atoms with Crippen molar-refractivity contribution in [2.24, 2.45) is 11.1 Å². The Balaban J connectivity index is 3.22. The van der Waals surface area contributed by atoms with Gasteiger partial charge in [0.1, 0.15) is 5.75 Å². The summed E-state index contributed by atoms with van der Waals surface area (Å²) in [4.78, 5) is 0.